The van der Waals surface area contributed by atoms with Crippen LogP contribution >= 0.6 is 11.8 Å². The molecule has 1 spiro atoms. The molecule has 0 aromatic heterocycles. The fourth-order valence-electron chi connectivity index (χ4n) is 4.16. The summed E-state index contributed by atoms with van der Waals surface area (Å²) in [4.78, 5) is 12.9. The van der Waals surface area contributed by atoms with Crippen LogP contribution in [-0.4, -0.2) is 23.1 Å². The van der Waals surface area contributed by atoms with E-state index in [1.54, 1.807) is 0 Å². The van der Waals surface area contributed by atoms with Crippen LogP contribution in [0.1, 0.15) is 43.0 Å². The summed E-state index contributed by atoms with van der Waals surface area (Å²) in [6.45, 7) is 6.97. The van der Waals surface area contributed by atoms with Gasteiger partial charge in [0.05, 0.1) is 6.61 Å². The van der Waals surface area contributed by atoms with E-state index in [1.807, 2.05) is 48.2 Å². The number of hydrogen-bond acceptors (Lipinski definition) is 3. The second-order valence-corrected chi connectivity index (χ2v) is 7.89. The zero-order chi connectivity index (χ0) is 15.6. The van der Waals surface area contributed by atoms with Gasteiger partial charge in [-0.05, 0) is 25.7 Å². The number of hydrogen-bond donors (Lipinski definition) is 0. The summed E-state index contributed by atoms with van der Waals surface area (Å²) in [6, 6.07) is 9.70. The Bertz CT molecular complexity index is 548. The fourth-order valence-corrected chi connectivity index (χ4v) is 5.67. The van der Waals surface area contributed by atoms with Crippen molar-refractivity contribution in [1.82, 2.24) is 0 Å². The Hall–Kier alpha value is -1.06. The van der Waals surface area contributed by atoms with Gasteiger partial charge in [0.25, 0.3) is 0 Å². The molecule has 118 valence electrons. The zero-order valence-electron chi connectivity index (χ0n) is 13.2. The molecule has 1 aliphatic heterocycles. The lowest BCUT2D eigenvalue weighted by atomic mass is 9.61. The maximum absolute atomic E-state index is 13.1. The third-order valence-corrected chi connectivity index (χ3v) is 6.96. The van der Waals surface area contributed by atoms with Crippen LogP contribution in [0.15, 0.2) is 43.0 Å². The molecule has 1 saturated heterocycles. The summed E-state index contributed by atoms with van der Waals surface area (Å²) in [7, 11) is 0. The molecular formula is C19H24O2S. The molecule has 0 amide bonds. The van der Waals surface area contributed by atoms with Gasteiger partial charge in [0, 0.05) is 22.6 Å². The van der Waals surface area contributed by atoms with Gasteiger partial charge in [-0.1, -0.05) is 43.3 Å². The lowest BCUT2D eigenvalue weighted by molar-refractivity contribution is -0.0900. The number of ketones is 1. The van der Waals surface area contributed by atoms with E-state index in [0.29, 0.717) is 0 Å². The van der Waals surface area contributed by atoms with Crippen molar-refractivity contribution in [2.45, 2.75) is 37.5 Å². The largest absolute Gasteiger partial charge is 0.363 e. The molecule has 1 heterocycles. The number of allylic oxidation sites excluding steroid dienone is 1. The monoisotopic (exact) mass is 316 g/mol. The van der Waals surface area contributed by atoms with Crippen molar-refractivity contribution < 1.29 is 9.53 Å². The van der Waals surface area contributed by atoms with Gasteiger partial charge in [-0.2, -0.15) is 0 Å². The molecule has 1 aliphatic carbocycles. The first kappa shape index (κ1) is 15.8. The Balaban J connectivity index is 1.98. The van der Waals surface area contributed by atoms with Crippen molar-refractivity contribution >= 4 is 17.5 Å². The summed E-state index contributed by atoms with van der Waals surface area (Å²) in [5.41, 5.74) is 0.643. The van der Waals surface area contributed by atoms with Crippen molar-refractivity contribution in [3.05, 3.63) is 48.6 Å². The highest BCUT2D eigenvalue weighted by Gasteiger charge is 2.58. The Morgan fingerprint density at radius 1 is 1.45 bits per heavy atom. The van der Waals surface area contributed by atoms with Crippen LogP contribution in [-0.2, 0) is 4.74 Å². The first-order valence-corrected chi connectivity index (χ1v) is 9.10. The molecule has 0 radical (unpaired) electrons. The average Bonchev–Trinajstić information content (AvgIpc) is 3.01. The topological polar surface area (TPSA) is 26.3 Å². The van der Waals surface area contributed by atoms with Gasteiger partial charge < -0.3 is 4.74 Å². The highest BCUT2D eigenvalue weighted by atomic mass is 32.2. The highest BCUT2D eigenvalue weighted by molar-refractivity contribution is 8.00. The lowest BCUT2D eigenvalue weighted by Gasteiger charge is -2.52. The standard InChI is InChI=1S/C19H24O2S/c1-3-11-18(2)16(17(20)15-8-5-4-6-9-15)10-7-12-19(18)21-13-14-22-19/h3-6,8-9,16H,1,7,10-14H2,2H3/t16-,18+,19-/m0/s1. The van der Waals surface area contributed by atoms with Crippen LogP contribution in [0.2, 0.25) is 0 Å². The first-order valence-electron chi connectivity index (χ1n) is 8.11. The van der Waals surface area contributed by atoms with Crippen LogP contribution in [0.3, 0.4) is 0 Å². The Kier molecular flexibility index (Phi) is 4.47. The second-order valence-electron chi connectivity index (χ2n) is 6.54. The molecule has 0 unspecified atom stereocenters. The van der Waals surface area contributed by atoms with Crippen molar-refractivity contribution in [3.8, 4) is 0 Å². The smallest absolute Gasteiger partial charge is 0.166 e. The van der Waals surface area contributed by atoms with Crippen LogP contribution in [0.5, 0.6) is 0 Å². The van der Waals surface area contributed by atoms with Gasteiger partial charge in [-0.15, -0.1) is 18.3 Å². The van der Waals surface area contributed by atoms with Gasteiger partial charge in [0.1, 0.15) is 4.93 Å². The quantitative estimate of drug-likeness (QED) is 0.594. The minimum Gasteiger partial charge on any atom is -0.363 e. The SMILES string of the molecule is C=CC[C@]1(C)[C@H](C(=O)c2ccccc2)CCC[C@@]12OCCS2. The van der Waals surface area contributed by atoms with Crippen LogP contribution < -0.4 is 0 Å². The van der Waals surface area contributed by atoms with E-state index in [9.17, 15) is 4.79 Å². The molecule has 22 heavy (non-hydrogen) atoms. The van der Waals surface area contributed by atoms with Crippen molar-refractivity contribution in [2.24, 2.45) is 11.3 Å². The second kappa shape index (κ2) is 6.21. The number of carbonyl (C=O) groups is 1. The lowest BCUT2D eigenvalue weighted by Crippen LogP contribution is -2.53. The predicted octanol–water partition coefficient (Wildman–Crippen LogP) is 4.71. The van der Waals surface area contributed by atoms with Gasteiger partial charge in [-0.3, -0.25) is 4.79 Å². The Labute approximate surface area is 137 Å². The number of ether oxygens (including phenoxy) is 1. The first-order chi connectivity index (χ1) is 10.6. The Morgan fingerprint density at radius 2 is 2.23 bits per heavy atom. The normalized spacial score (nSPS) is 34.7. The molecule has 3 heteroatoms. The highest BCUT2D eigenvalue weighted by Crippen LogP contribution is 2.60. The number of thioether (sulfide) groups is 1. The number of carbonyl (C=O) groups excluding carboxylic acids is 1. The minimum atomic E-state index is -0.214. The van der Waals surface area contributed by atoms with E-state index in [-0.39, 0.29) is 22.0 Å². The minimum absolute atomic E-state index is 0.00671. The maximum atomic E-state index is 13.1. The molecule has 0 bridgehead atoms. The average molecular weight is 316 g/mol. The summed E-state index contributed by atoms with van der Waals surface area (Å²) < 4.78 is 6.23. The van der Waals surface area contributed by atoms with Gasteiger partial charge in [0.2, 0.25) is 0 Å². The van der Waals surface area contributed by atoms with Crippen LogP contribution in [0.4, 0.5) is 0 Å². The Morgan fingerprint density at radius 3 is 2.86 bits per heavy atom. The van der Waals surface area contributed by atoms with E-state index in [0.717, 1.165) is 43.6 Å². The van der Waals surface area contributed by atoms with E-state index in [2.05, 4.69) is 13.5 Å². The van der Waals surface area contributed by atoms with Crippen molar-refractivity contribution in [2.75, 3.05) is 12.4 Å². The number of benzene rings is 1. The number of Topliss-reactive ketones (excluding diaryl/α,β-unsaturated/α-hetero) is 1. The molecule has 2 nitrogen and oxygen atoms in total. The van der Waals surface area contributed by atoms with Crippen LogP contribution in [0, 0.1) is 11.3 Å². The third kappa shape index (κ3) is 2.44. The number of rotatable bonds is 4. The van der Waals surface area contributed by atoms with E-state index < -0.39 is 0 Å². The maximum Gasteiger partial charge on any atom is 0.166 e. The summed E-state index contributed by atoms with van der Waals surface area (Å²) in [5, 5.41) is 0. The summed E-state index contributed by atoms with van der Waals surface area (Å²) in [6.07, 6.45) is 5.83. The van der Waals surface area contributed by atoms with E-state index in [4.69, 9.17) is 4.74 Å². The summed E-state index contributed by atoms with van der Waals surface area (Å²) >= 11 is 1.91. The van der Waals surface area contributed by atoms with Crippen molar-refractivity contribution in [3.63, 3.8) is 0 Å². The third-order valence-electron chi connectivity index (χ3n) is 5.33. The molecule has 1 aromatic carbocycles. The van der Waals surface area contributed by atoms with Crippen molar-refractivity contribution in [1.29, 1.82) is 0 Å². The van der Waals surface area contributed by atoms with Gasteiger partial charge >= 0.3 is 0 Å². The molecule has 3 rings (SSSR count). The van der Waals surface area contributed by atoms with Crippen LogP contribution in [0.25, 0.3) is 0 Å². The zero-order valence-corrected chi connectivity index (χ0v) is 14.0. The molecule has 0 N–H and O–H groups in total. The molecule has 3 atom stereocenters. The predicted molar refractivity (Wildman–Crippen MR) is 92.2 cm³/mol. The van der Waals surface area contributed by atoms with Gasteiger partial charge in [-0.25, -0.2) is 0 Å². The van der Waals surface area contributed by atoms with Gasteiger partial charge in [0.15, 0.2) is 5.78 Å². The molecule has 1 aromatic rings. The fraction of sp³-hybridized carbons (Fsp3) is 0.526. The molecular weight excluding hydrogens is 292 g/mol. The van der Waals surface area contributed by atoms with E-state index in [1.165, 1.54) is 0 Å². The molecule has 2 fully saturated rings. The van der Waals surface area contributed by atoms with E-state index >= 15 is 0 Å². The summed E-state index contributed by atoms with van der Waals surface area (Å²) in [5.74, 6) is 1.30. The molecule has 2 aliphatic rings. The molecule has 1 saturated carbocycles.